The zero-order chi connectivity index (χ0) is 8.89. The Bertz CT molecular complexity index is 307. The molecule has 0 radical (unpaired) electrons. The van der Waals surface area contributed by atoms with E-state index in [1.807, 2.05) is 18.2 Å². The summed E-state index contributed by atoms with van der Waals surface area (Å²) in [7, 11) is 0. The van der Waals surface area contributed by atoms with Crippen LogP contribution in [0.2, 0.25) is 0 Å². The van der Waals surface area contributed by atoms with Gasteiger partial charge in [0.1, 0.15) is 0 Å². The average molecular weight is 174 g/mol. The Labute approximate surface area is 78.4 Å². The van der Waals surface area contributed by atoms with E-state index < -0.39 is 5.60 Å². The molecule has 2 fully saturated rings. The lowest BCUT2D eigenvalue weighted by atomic mass is 9.99. The van der Waals surface area contributed by atoms with Crippen molar-refractivity contribution in [3.8, 4) is 0 Å². The first kappa shape index (κ1) is 7.57. The second kappa shape index (κ2) is 2.36. The zero-order valence-corrected chi connectivity index (χ0v) is 7.61. The van der Waals surface area contributed by atoms with E-state index in [2.05, 4.69) is 12.1 Å². The second-order valence-corrected chi connectivity index (χ2v) is 4.34. The van der Waals surface area contributed by atoms with Crippen LogP contribution in [-0.4, -0.2) is 5.11 Å². The molecule has 68 valence electrons. The fourth-order valence-corrected chi connectivity index (χ4v) is 3.06. The predicted molar refractivity (Wildman–Crippen MR) is 51.2 cm³/mol. The van der Waals surface area contributed by atoms with Crippen molar-refractivity contribution in [2.75, 3.05) is 0 Å². The maximum absolute atomic E-state index is 10.4. The molecule has 2 atom stereocenters. The van der Waals surface area contributed by atoms with Gasteiger partial charge in [-0.25, -0.2) is 0 Å². The predicted octanol–water partition coefficient (Wildman–Crippen LogP) is 2.30. The van der Waals surface area contributed by atoms with Gasteiger partial charge in [0.05, 0.1) is 5.60 Å². The van der Waals surface area contributed by atoms with E-state index >= 15 is 0 Å². The minimum atomic E-state index is -0.445. The summed E-state index contributed by atoms with van der Waals surface area (Å²) >= 11 is 0. The zero-order valence-electron chi connectivity index (χ0n) is 7.61. The van der Waals surface area contributed by atoms with Crippen LogP contribution in [0.5, 0.6) is 0 Å². The molecule has 1 N–H and O–H groups in total. The molecule has 2 aliphatic rings. The van der Waals surface area contributed by atoms with E-state index in [9.17, 15) is 5.11 Å². The second-order valence-electron chi connectivity index (χ2n) is 4.34. The summed E-state index contributed by atoms with van der Waals surface area (Å²) in [5.41, 5.74) is 0.684. The SMILES string of the molecule is OC1(c2ccccc2)C2CCCC21. The minimum Gasteiger partial charge on any atom is -0.385 e. The van der Waals surface area contributed by atoms with Crippen LogP contribution in [0.4, 0.5) is 0 Å². The van der Waals surface area contributed by atoms with Gasteiger partial charge in [0.15, 0.2) is 0 Å². The molecule has 0 amide bonds. The van der Waals surface area contributed by atoms with Crippen molar-refractivity contribution in [1.82, 2.24) is 0 Å². The van der Waals surface area contributed by atoms with Gasteiger partial charge in [0.2, 0.25) is 0 Å². The van der Waals surface area contributed by atoms with Gasteiger partial charge < -0.3 is 5.11 Å². The molecule has 1 aromatic carbocycles. The molecule has 0 bridgehead atoms. The van der Waals surface area contributed by atoms with Crippen molar-refractivity contribution in [3.63, 3.8) is 0 Å². The van der Waals surface area contributed by atoms with Gasteiger partial charge in [-0.1, -0.05) is 36.8 Å². The van der Waals surface area contributed by atoms with Gasteiger partial charge >= 0.3 is 0 Å². The smallest absolute Gasteiger partial charge is 0.0960 e. The highest BCUT2D eigenvalue weighted by atomic mass is 16.3. The molecule has 2 aliphatic carbocycles. The normalized spacial score (nSPS) is 41.6. The highest BCUT2D eigenvalue weighted by molar-refractivity contribution is 5.33. The first-order valence-electron chi connectivity index (χ1n) is 5.11. The highest BCUT2D eigenvalue weighted by Gasteiger charge is 2.65. The van der Waals surface area contributed by atoms with Gasteiger partial charge in [0.25, 0.3) is 0 Å². The van der Waals surface area contributed by atoms with Crippen molar-refractivity contribution in [2.24, 2.45) is 11.8 Å². The first-order chi connectivity index (χ1) is 6.33. The Morgan fingerprint density at radius 2 is 1.69 bits per heavy atom. The maximum Gasteiger partial charge on any atom is 0.0960 e. The quantitative estimate of drug-likeness (QED) is 0.692. The summed E-state index contributed by atoms with van der Waals surface area (Å²) in [4.78, 5) is 0. The average Bonchev–Trinajstić information content (AvgIpc) is 2.62. The molecule has 1 aromatic rings. The van der Waals surface area contributed by atoms with Crippen LogP contribution < -0.4 is 0 Å². The summed E-state index contributed by atoms with van der Waals surface area (Å²) in [6.07, 6.45) is 3.75. The van der Waals surface area contributed by atoms with Gasteiger partial charge in [-0.15, -0.1) is 0 Å². The fraction of sp³-hybridized carbons (Fsp3) is 0.500. The summed E-state index contributed by atoms with van der Waals surface area (Å²) in [5, 5.41) is 10.4. The lowest BCUT2D eigenvalue weighted by Crippen LogP contribution is -2.12. The van der Waals surface area contributed by atoms with E-state index in [-0.39, 0.29) is 0 Å². The van der Waals surface area contributed by atoms with Crippen LogP contribution in [0, 0.1) is 11.8 Å². The van der Waals surface area contributed by atoms with Crippen molar-refractivity contribution in [1.29, 1.82) is 0 Å². The van der Waals surface area contributed by atoms with E-state index in [0.717, 1.165) is 5.56 Å². The molecule has 1 heteroatoms. The van der Waals surface area contributed by atoms with Crippen LogP contribution in [-0.2, 0) is 5.60 Å². The molecule has 2 unspecified atom stereocenters. The molecule has 0 aromatic heterocycles. The molecule has 2 saturated carbocycles. The Morgan fingerprint density at radius 1 is 1.08 bits per heavy atom. The third-order valence-corrected chi connectivity index (χ3v) is 3.77. The van der Waals surface area contributed by atoms with E-state index in [1.165, 1.54) is 19.3 Å². The third-order valence-electron chi connectivity index (χ3n) is 3.77. The van der Waals surface area contributed by atoms with Crippen molar-refractivity contribution >= 4 is 0 Å². The summed E-state index contributed by atoms with van der Waals surface area (Å²) in [6.45, 7) is 0. The fourth-order valence-electron chi connectivity index (χ4n) is 3.06. The number of fused-ring (bicyclic) bond motifs is 1. The van der Waals surface area contributed by atoms with Crippen LogP contribution in [0.15, 0.2) is 30.3 Å². The summed E-state index contributed by atoms with van der Waals surface area (Å²) < 4.78 is 0. The standard InChI is InChI=1S/C12H14O/c13-12(9-5-2-1-3-6-9)10-7-4-8-11(10)12/h1-3,5-6,10-11,13H,4,7-8H2. The first-order valence-corrected chi connectivity index (χ1v) is 5.11. The third kappa shape index (κ3) is 0.856. The number of hydrogen-bond donors (Lipinski definition) is 1. The lowest BCUT2D eigenvalue weighted by Gasteiger charge is -2.14. The molecule has 0 heterocycles. The molecular formula is C12H14O. The number of rotatable bonds is 1. The van der Waals surface area contributed by atoms with Crippen molar-refractivity contribution in [2.45, 2.75) is 24.9 Å². The molecule has 0 spiro atoms. The number of benzene rings is 1. The monoisotopic (exact) mass is 174 g/mol. The minimum absolute atomic E-state index is 0.445. The Morgan fingerprint density at radius 3 is 2.31 bits per heavy atom. The van der Waals surface area contributed by atoms with Gasteiger partial charge in [-0.2, -0.15) is 0 Å². The topological polar surface area (TPSA) is 20.2 Å². The molecule has 1 nitrogen and oxygen atoms in total. The maximum atomic E-state index is 10.4. The van der Waals surface area contributed by atoms with Crippen molar-refractivity contribution < 1.29 is 5.11 Å². The van der Waals surface area contributed by atoms with Crippen molar-refractivity contribution in [3.05, 3.63) is 35.9 Å². The van der Waals surface area contributed by atoms with E-state index in [1.54, 1.807) is 0 Å². The van der Waals surface area contributed by atoms with Gasteiger partial charge in [0, 0.05) is 0 Å². The molecule has 0 aliphatic heterocycles. The molecular weight excluding hydrogens is 160 g/mol. The summed E-state index contributed by atoms with van der Waals surface area (Å²) in [5.74, 6) is 1.13. The Hall–Kier alpha value is -0.820. The van der Waals surface area contributed by atoms with Crippen LogP contribution in [0.25, 0.3) is 0 Å². The Kier molecular flexibility index (Phi) is 1.37. The van der Waals surface area contributed by atoms with Crippen LogP contribution in [0.3, 0.4) is 0 Å². The van der Waals surface area contributed by atoms with Crippen LogP contribution in [0.1, 0.15) is 24.8 Å². The van der Waals surface area contributed by atoms with E-state index in [4.69, 9.17) is 0 Å². The van der Waals surface area contributed by atoms with Gasteiger partial charge in [-0.3, -0.25) is 0 Å². The van der Waals surface area contributed by atoms with Crippen LogP contribution >= 0.6 is 0 Å². The van der Waals surface area contributed by atoms with Gasteiger partial charge in [-0.05, 0) is 30.2 Å². The number of aliphatic hydroxyl groups is 1. The number of hydrogen-bond acceptors (Lipinski definition) is 1. The molecule has 3 rings (SSSR count). The highest BCUT2D eigenvalue weighted by Crippen LogP contribution is 2.66. The largest absolute Gasteiger partial charge is 0.385 e. The molecule has 13 heavy (non-hydrogen) atoms. The summed E-state index contributed by atoms with van der Waals surface area (Å²) in [6, 6.07) is 10.1. The molecule has 0 saturated heterocycles. The van der Waals surface area contributed by atoms with E-state index in [0.29, 0.717) is 11.8 Å². The Balaban J connectivity index is 1.95. The lowest BCUT2D eigenvalue weighted by molar-refractivity contribution is 0.105.